The van der Waals surface area contributed by atoms with E-state index in [1.54, 1.807) is 18.2 Å². The van der Waals surface area contributed by atoms with E-state index in [9.17, 15) is 19.2 Å². The summed E-state index contributed by atoms with van der Waals surface area (Å²) in [5.41, 5.74) is 0.289. The number of ether oxygens (including phenoxy) is 1. The molecule has 1 heterocycles. The highest BCUT2D eigenvalue weighted by Crippen LogP contribution is 2.39. The number of benzene rings is 2. The monoisotopic (exact) mass is 500 g/mol. The Kier molecular flexibility index (Phi) is 6.77. The molecule has 176 valence electrons. The molecule has 0 bridgehead atoms. The SMILES string of the molecule is COc1cccc(C(=O)CN(C(=O)c2ccc(Cl)cc2Cl)N2C(=O)[C@H]3[C@@H](C)C=CC[C@H]3C2=O)c1. The number of carbonyl (C=O) groups is 4. The first-order valence-electron chi connectivity index (χ1n) is 10.7. The standard InChI is InChI=1S/C25H22Cl2N2O5/c1-14-5-3-8-19-22(14)25(33)29(24(19)32)28(23(31)18-10-9-16(26)12-20(18)27)13-21(30)15-6-4-7-17(11-15)34-2/h3-7,9-12,14,19,22H,8,13H2,1-2H3/t14-,19+,22-/m0/s1. The van der Waals surface area contributed by atoms with Gasteiger partial charge in [-0.1, -0.05) is 54.4 Å². The van der Waals surface area contributed by atoms with Gasteiger partial charge >= 0.3 is 0 Å². The average Bonchev–Trinajstić information content (AvgIpc) is 3.07. The van der Waals surface area contributed by atoms with E-state index < -0.39 is 41.9 Å². The molecule has 3 amide bonds. The van der Waals surface area contributed by atoms with Crippen molar-refractivity contribution in [2.24, 2.45) is 17.8 Å². The summed E-state index contributed by atoms with van der Waals surface area (Å²) in [6, 6.07) is 10.7. The van der Waals surface area contributed by atoms with E-state index in [1.807, 2.05) is 19.1 Å². The molecule has 2 aromatic rings. The maximum atomic E-state index is 13.6. The summed E-state index contributed by atoms with van der Waals surface area (Å²) < 4.78 is 5.18. The van der Waals surface area contributed by atoms with E-state index in [0.717, 1.165) is 10.0 Å². The predicted octanol–water partition coefficient (Wildman–Crippen LogP) is 4.44. The molecule has 0 N–H and O–H groups in total. The van der Waals surface area contributed by atoms with Crippen molar-refractivity contribution in [3.05, 3.63) is 75.8 Å². The van der Waals surface area contributed by atoms with Crippen LogP contribution in [0.5, 0.6) is 5.75 Å². The molecule has 1 aliphatic heterocycles. The Morgan fingerprint density at radius 1 is 1.12 bits per heavy atom. The van der Waals surface area contributed by atoms with Crippen molar-refractivity contribution in [1.29, 1.82) is 0 Å². The molecular weight excluding hydrogens is 479 g/mol. The van der Waals surface area contributed by atoms with Crippen LogP contribution in [0.4, 0.5) is 0 Å². The molecule has 1 aliphatic carbocycles. The molecule has 1 saturated heterocycles. The fourth-order valence-corrected chi connectivity index (χ4v) is 4.92. The maximum Gasteiger partial charge on any atom is 0.274 e. The molecule has 3 atom stereocenters. The summed E-state index contributed by atoms with van der Waals surface area (Å²) >= 11 is 12.2. The summed E-state index contributed by atoms with van der Waals surface area (Å²) in [5, 5.41) is 2.08. The number of ketones is 1. The molecule has 0 spiro atoms. The van der Waals surface area contributed by atoms with Crippen LogP contribution in [0.3, 0.4) is 0 Å². The zero-order valence-corrected chi connectivity index (χ0v) is 20.0. The first-order chi connectivity index (χ1) is 16.2. The molecular formula is C25H22Cl2N2O5. The van der Waals surface area contributed by atoms with Crippen molar-refractivity contribution in [3.63, 3.8) is 0 Å². The second kappa shape index (κ2) is 9.60. The van der Waals surface area contributed by atoms with Crippen molar-refractivity contribution in [3.8, 4) is 5.75 Å². The van der Waals surface area contributed by atoms with Crippen molar-refractivity contribution >= 4 is 46.7 Å². The third-order valence-corrected chi connectivity index (χ3v) is 6.72. The van der Waals surface area contributed by atoms with Gasteiger partial charge in [0.25, 0.3) is 17.7 Å². The first-order valence-corrected chi connectivity index (χ1v) is 11.5. The van der Waals surface area contributed by atoms with Gasteiger partial charge in [0.1, 0.15) is 12.3 Å². The third kappa shape index (κ3) is 4.33. The van der Waals surface area contributed by atoms with E-state index in [2.05, 4.69) is 0 Å². The highest BCUT2D eigenvalue weighted by Gasteiger charge is 2.53. The molecule has 0 aromatic heterocycles. The number of hydrogen-bond donors (Lipinski definition) is 0. The maximum absolute atomic E-state index is 13.6. The van der Waals surface area contributed by atoms with Gasteiger partial charge in [-0.15, -0.1) is 0 Å². The Morgan fingerprint density at radius 2 is 1.88 bits per heavy atom. The zero-order valence-electron chi connectivity index (χ0n) is 18.5. The van der Waals surface area contributed by atoms with Gasteiger partial charge in [0.2, 0.25) is 0 Å². The van der Waals surface area contributed by atoms with Crippen LogP contribution in [-0.2, 0) is 9.59 Å². The van der Waals surface area contributed by atoms with Crippen LogP contribution in [0, 0.1) is 17.8 Å². The number of hydrazine groups is 1. The van der Waals surface area contributed by atoms with Gasteiger partial charge in [-0.05, 0) is 42.7 Å². The summed E-state index contributed by atoms with van der Waals surface area (Å²) in [5.74, 6) is -3.14. The number of carbonyl (C=O) groups excluding carboxylic acids is 4. The molecule has 9 heteroatoms. The molecule has 0 unspecified atom stereocenters. The number of fused-ring (bicyclic) bond motifs is 1. The lowest BCUT2D eigenvalue weighted by Gasteiger charge is -2.30. The van der Waals surface area contributed by atoms with Gasteiger partial charge in [0, 0.05) is 10.6 Å². The van der Waals surface area contributed by atoms with Crippen LogP contribution >= 0.6 is 23.2 Å². The largest absolute Gasteiger partial charge is 0.497 e. The molecule has 34 heavy (non-hydrogen) atoms. The second-order valence-corrected chi connectivity index (χ2v) is 9.13. The number of Topliss-reactive ketones (excluding diaryl/α,β-unsaturated/α-hetero) is 1. The summed E-state index contributed by atoms with van der Waals surface area (Å²) in [6.45, 7) is 1.31. The van der Waals surface area contributed by atoms with Gasteiger partial charge in [0.15, 0.2) is 5.78 Å². The van der Waals surface area contributed by atoms with Crippen LogP contribution in [0.1, 0.15) is 34.1 Å². The topological polar surface area (TPSA) is 84.0 Å². The first kappa shape index (κ1) is 24.0. The summed E-state index contributed by atoms with van der Waals surface area (Å²) in [4.78, 5) is 53.5. The van der Waals surface area contributed by atoms with Crippen LogP contribution in [-0.4, -0.2) is 47.2 Å². The molecule has 2 aliphatic rings. The van der Waals surface area contributed by atoms with Gasteiger partial charge < -0.3 is 4.74 Å². The quantitative estimate of drug-likeness (QED) is 0.332. The van der Waals surface area contributed by atoms with Crippen LogP contribution < -0.4 is 4.74 Å². The highest BCUT2D eigenvalue weighted by atomic mass is 35.5. The average molecular weight is 501 g/mol. The predicted molar refractivity (Wildman–Crippen MR) is 127 cm³/mol. The van der Waals surface area contributed by atoms with Gasteiger partial charge in [0.05, 0.1) is 29.5 Å². The Balaban J connectivity index is 1.73. The second-order valence-electron chi connectivity index (χ2n) is 8.29. The van der Waals surface area contributed by atoms with Crippen LogP contribution in [0.15, 0.2) is 54.6 Å². The van der Waals surface area contributed by atoms with E-state index >= 15 is 0 Å². The molecule has 0 saturated carbocycles. The van der Waals surface area contributed by atoms with Crippen LogP contribution in [0.25, 0.3) is 0 Å². The number of hydrogen-bond acceptors (Lipinski definition) is 5. The van der Waals surface area contributed by atoms with Gasteiger partial charge in [-0.2, -0.15) is 5.01 Å². The van der Waals surface area contributed by atoms with E-state index in [0.29, 0.717) is 17.2 Å². The molecule has 4 rings (SSSR count). The van der Waals surface area contributed by atoms with Crippen molar-refractivity contribution in [2.45, 2.75) is 13.3 Å². The number of nitrogens with zero attached hydrogens (tertiary/aromatic N) is 2. The number of amides is 3. The van der Waals surface area contributed by atoms with E-state index in [-0.39, 0.29) is 22.1 Å². The number of rotatable bonds is 6. The number of allylic oxidation sites excluding steroid dienone is 2. The lowest BCUT2D eigenvalue weighted by atomic mass is 9.78. The van der Waals surface area contributed by atoms with Crippen molar-refractivity contribution in [2.75, 3.05) is 13.7 Å². The highest BCUT2D eigenvalue weighted by molar-refractivity contribution is 6.36. The normalized spacial score (nSPS) is 21.4. The van der Waals surface area contributed by atoms with Gasteiger partial charge in [-0.3, -0.25) is 19.2 Å². The molecule has 2 aromatic carbocycles. The minimum Gasteiger partial charge on any atom is -0.497 e. The molecule has 7 nitrogen and oxygen atoms in total. The Morgan fingerprint density at radius 3 is 2.56 bits per heavy atom. The summed E-state index contributed by atoms with van der Waals surface area (Å²) in [6.07, 6.45) is 4.15. The lowest BCUT2D eigenvalue weighted by molar-refractivity contribution is -0.154. The van der Waals surface area contributed by atoms with Crippen molar-refractivity contribution in [1.82, 2.24) is 10.0 Å². The molecule has 0 radical (unpaired) electrons. The Hall–Kier alpha value is -3.16. The van der Waals surface area contributed by atoms with E-state index in [4.69, 9.17) is 27.9 Å². The zero-order chi connectivity index (χ0) is 24.6. The fourth-order valence-electron chi connectivity index (χ4n) is 4.43. The lowest BCUT2D eigenvalue weighted by Crippen LogP contribution is -2.52. The van der Waals surface area contributed by atoms with E-state index in [1.165, 1.54) is 31.4 Å². The number of halogens is 2. The molecule has 1 fully saturated rings. The fraction of sp³-hybridized carbons (Fsp3) is 0.280. The summed E-state index contributed by atoms with van der Waals surface area (Å²) in [7, 11) is 1.47. The van der Waals surface area contributed by atoms with Crippen molar-refractivity contribution < 1.29 is 23.9 Å². The Bertz CT molecular complexity index is 1210. The van der Waals surface area contributed by atoms with Crippen LogP contribution in [0.2, 0.25) is 10.0 Å². The van der Waals surface area contributed by atoms with Gasteiger partial charge in [-0.25, -0.2) is 5.01 Å². The third-order valence-electron chi connectivity index (χ3n) is 6.17. The number of methoxy groups -OCH3 is 1. The minimum atomic E-state index is -0.751. The number of imide groups is 1. The smallest absolute Gasteiger partial charge is 0.274 e. The minimum absolute atomic E-state index is 0.0196. The Labute approximate surface area is 206 Å².